The van der Waals surface area contributed by atoms with Crippen LogP contribution in [0.1, 0.15) is 39.5 Å². The zero-order valence-electron chi connectivity index (χ0n) is 10.3. The summed E-state index contributed by atoms with van der Waals surface area (Å²) in [5, 5.41) is 9.29. The van der Waals surface area contributed by atoms with Crippen LogP contribution in [0.4, 0.5) is 0 Å². The number of rotatable bonds is 5. The normalized spacial score (nSPS) is 24.1. The topological polar surface area (TPSA) is 49.8 Å². The second kappa shape index (κ2) is 6.86. The minimum Gasteiger partial charge on any atom is -0.466 e. The van der Waals surface area contributed by atoms with Gasteiger partial charge in [0.1, 0.15) is 0 Å². The lowest BCUT2D eigenvalue weighted by Gasteiger charge is -2.38. The van der Waals surface area contributed by atoms with Crippen LogP contribution < -0.4 is 0 Å². The molecule has 1 N–H and O–H groups in total. The molecule has 2 atom stereocenters. The molecule has 0 amide bonds. The molecule has 4 nitrogen and oxygen atoms in total. The first kappa shape index (κ1) is 13.5. The molecular weight excluding hydrogens is 206 g/mol. The molecule has 1 aliphatic heterocycles. The Kier molecular flexibility index (Phi) is 5.77. The van der Waals surface area contributed by atoms with Gasteiger partial charge < -0.3 is 9.84 Å². The second-order valence-corrected chi connectivity index (χ2v) is 4.43. The molecule has 1 saturated heterocycles. The number of hydrogen-bond acceptors (Lipinski definition) is 4. The largest absolute Gasteiger partial charge is 0.466 e. The Morgan fingerprint density at radius 3 is 2.94 bits per heavy atom. The molecule has 0 aromatic heterocycles. The number of piperidine rings is 1. The third-order valence-corrected chi connectivity index (χ3v) is 3.22. The van der Waals surface area contributed by atoms with Crippen molar-refractivity contribution in [3.05, 3.63) is 0 Å². The van der Waals surface area contributed by atoms with Crippen molar-refractivity contribution in [2.24, 2.45) is 0 Å². The summed E-state index contributed by atoms with van der Waals surface area (Å²) in [6, 6.07) is 0.384. The fourth-order valence-electron chi connectivity index (χ4n) is 2.38. The van der Waals surface area contributed by atoms with Crippen LogP contribution in [-0.2, 0) is 9.53 Å². The number of aliphatic hydroxyl groups excluding tert-OH is 1. The molecule has 0 saturated carbocycles. The molecular formula is C12H23NO3. The van der Waals surface area contributed by atoms with Gasteiger partial charge in [-0.25, -0.2) is 0 Å². The van der Waals surface area contributed by atoms with Crippen LogP contribution in [0, 0.1) is 0 Å². The SMILES string of the molecule is CCOC(=O)CC(C)N1CCCCC1CO. The molecule has 0 aromatic carbocycles. The number of carbonyl (C=O) groups excluding carboxylic acids is 1. The van der Waals surface area contributed by atoms with Gasteiger partial charge in [-0.3, -0.25) is 9.69 Å². The van der Waals surface area contributed by atoms with E-state index in [4.69, 9.17) is 4.74 Å². The van der Waals surface area contributed by atoms with Gasteiger partial charge in [-0.1, -0.05) is 6.42 Å². The van der Waals surface area contributed by atoms with Crippen LogP contribution in [0.2, 0.25) is 0 Å². The minimum atomic E-state index is -0.141. The van der Waals surface area contributed by atoms with Crippen molar-refractivity contribution in [3.63, 3.8) is 0 Å². The van der Waals surface area contributed by atoms with E-state index in [0.717, 1.165) is 19.4 Å². The van der Waals surface area contributed by atoms with Crippen molar-refractivity contribution in [2.45, 2.75) is 51.6 Å². The Hall–Kier alpha value is -0.610. The number of ether oxygens (including phenoxy) is 1. The lowest BCUT2D eigenvalue weighted by Crippen LogP contribution is -2.47. The fourth-order valence-corrected chi connectivity index (χ4v) is 2.38. The summed E-state index contributed by atoms with van der Waals surface area (Å²) in [5.41, 5.74) is 0. The standard InChI is InChI=1S/C12H23NO3/c1-3-16-12(15)8-10(2)13-7-5-4-6-11(13)9-14/h10-11,14H,3-9H2,1-2H3. The molecule has 16 heavy (non-hydrogen) atoms. The first-order chi connectivity index (χ1) is 7.69. The number of hydrogen-bond donors (Lipinski definition) is 1. The number of esters is 1. The number of likely N-dealkylation sites (tertiary alicyclic amines) is 1. The van der Waals surface area contributed by atoms with E-state index in [9.17, 15) is 9.90 Å². The highest BCUT2D eigenvalue weighted by Crippen LogP contribution is 2.20. The van der Waals surface area contributed by atoms with Gasteiger partial charge in [0.15, 0.2) is 0 Å². The van der Waals surface area contributed by atoms with Crippen molar-refractivity contribution in [2.75, 3.05) is 19.8 Å². The zero-order valence-corrected chi connectivity index (χ0v) is 10.3. The van der Waals surface area contributed by atoms with E-state index in [1.807, 2.05) is 13.8 Å². The van der Waals surface area contributed by atoms with E-state index in [0.29, 0.717) is 13.0 Å². The quantitative estimate of drug-likeness (QED) is 0.719. The first-order valence-electron chi connectivity index (χ1n) is 6.21. The molecule has 1 rings (SSSR count). The van der Waals surface area contributed by atoms with E-state index in [1.54, 1.807) is 0 Å². The third-order valence-electron chi connectivity index (χ3n) is 3.22. The van der Waals surface area contributed by atoms with Crippen LogP contribution in [0.5, 0.6) is 0 Å². The van der Waals surface area contributed by atoms with Gasteiger partial charge in [-0.05, 0) is 33.2 Å². The smallest absolute Gasteiger partial charge is 0.307 e. The van der Waals surface area contributed by atoms with Gasteiger partial charge in [-0.2, -0.15) is 0 Å². The van der Waals surface area contributed by atoms with Crippen LogP contribution in [0.25, 0.3) is 0 Å². The molecule has 1 heterocycles. The van der Waals surface area contributed by atoms with Crippen molar-refractivity contribution >= 4 is 5.97 Å². The summed E-state index contributed by atoms with van der Waals surface area (Å²) in [6.07, 6.45) is 3.78. The maximum absolute atomic E-state index is 11.4. The van der Waals surface area contributed by atoms with Crippen LogP contribution in [0.3, 0.4) is 0 Å². The Balaban J connectivity index is 2.43. The molecule has 0 aliphatic carbocycles. The molecule has 0 spiro atoms. The molecule has 0 aromatic rings. The van der Waals surface area contributed by atoms with Gasteiger partial charge >= 0.3 is 5.97 Å². The monoisotopic (exact) mass is 229 g/mol. The van der Waals surface area contributed by atoms with Crippen LogP contribution in [0.15, 0.2) is 0 Å². The summed E-state index contributed by atoms with van der Waals surface area (Å²) in [7, 11) is 0. The Morgan fingerprint density at radius 2 is 2.31 bits per heavy atom. The van der Waals surface area contributed by atoms with E-state index in [2.05, 4.69) is 4.90 Å². The van der Waals surface area contributed by atoms with Crippen molar-refractivity contribution in [1.29, 1.82) is 0 Å². The van der Waals surface area contributed by atoms with Gasteiger partial charge in [0, 0.05) is 12.1 Å². The highest BCUT2D eigenvalue weighted by molar-refractivity contribution is 5.70. The second-order valence-electron chi connectivity index (χ2n) is 4.43. The Morgan fingerprint density at radius 1 is 1.56 bits per heavy atom. The summed E-state index contributed by atoms with van der Waals surface area (Å²) in [4.78, 5) is 13.6. The molecule has 0 bridgehead atoms. The summed E-state index contributed by atoms with van der Waals surface area (Å²) >= 11 is 0. The average molecular weight is 229 g/mol. The third kappa shape index (κ3) is 3.76. The first-order valence-corrected chi connectivity index (χ1v) is 6.21. The predicted octanol–water partition coefficient (Wildman–Crippen LogP) is 1.17. The van der Waals surface area contributed by atoms with Crippen LogP contribution >= 0.6 is 0 Å². The highest BCUT2D eigenvalue weighted by atomic mass is 16.5. The number of carbonyl (C=O) groups is 1. The molecule has 2 unspecified atom stereocenters. The predicted molar refractivity (Wildman–Crippen MR) is 62.1 cm³/mol. The summed E-state index contributed by atoms with van der Waals surface area (Å²) in [5.74, 6) is -0.141. The maximum atomic E-state index is 11.4. The van der Waals surface area contributed by atoms with Gasteiger partial charge in [0.05, 0.1) is 19.6 Å². The number of aliphatic hydroxyl groups is 1. The van der Waals surface area contributed by atoms with E-state index < -0.39 is 0 Å². The molecule has 94 valence electrons. The van der Waals surface area contributed by atoms with Gasteiger partial charge in [0.25, 0.3) is 0 Å². The maximum Gasteiger partial charge on any atom is 0.307 e. The van der Waals surface area contributed by atoms with Gasteiger partial charge in [0.2, 0.25) is 0 Å². The molecule has 1 fully saturated rings. The van der Waals surface area contributed by atoms with E-state index in [-0.39, 0.29) is 24.7 Å². The van der Waals surface area contributed by atoms with Crippen molar-refractivity contribution in [3.8, 4) is 0 Å². The highest BCUT2D eigenvalue weighted by Gasteiger charge is 2.27. The fraction of sp³-hybridized carbons (Fsp3) is 0.917. The Labute approximate surface area is 97.6 Å². The van der Waals surface area contributed by atoms with Gasteiger partial charge in [-0.15, -0.1) is 0 Å². The average Bonchev–Trinajstić information content (AvgIpc) is 2.29. The van der Waals surface area contributed by atoms with E-state index >= 15 is 0 Å². The lowest BCUT2D eigenvalue weighted by molar-refractivity contribution is -0.144. The minimum absolute atomic E-state index is 0.141. The summed E-state index contributed by atoms with van der Waals surface area (Å²) in [6.45, 7) is 5.46. The molecule has 0 radical (unpaired) electrons. The molecule has 4 heteroatoms. The lowest BCUT2D eigenvalue weighted by atomic mass is 10.00. The van der Waals surface area contributed by atoms with Crippen molar-refractivity contribution in [1.82, 2.24) is 4.90 Å². The van der Waals surface area contributed by atoms with Crippen LogP contribution in [-0.4, -0.2) is 47.8 Å². The Bertz CT molecular complexity index is 220. The summed E-state index contributed by atoms with van der Waals surface area (Å²) < 4.78 is 4.94. The zero-order chi connectivity index (χ0) is 12.0. The molecule has 1 aliphatic rings. The number of nitrogens with zero attached hydrogens (tertiary/aromatic N) is 1. The van der Waals surface area contributed by atoms with Crippen molar-refractivity contribution < 1.29 is 14.6 Å². The van der Waals surface area contributed by atoms with E-state index in [1.165, 1.54) is 6.42 Å².